The second-order valence-corrected chi connectivity index (χ2v) is 14.2. The van der Waals surface area contributed by atoms with Crippen LogP contribution in [0.5, 0.6) is 11.5 Å². The fourth-order valence-corrected chi connectivity index (χ4v) is 7.41. The number of hydrogen-bond acceptors (Lipinski definition) is 5. The highest BCUT2D eigenvalue weighted by molar-refractivity contribution is 8.45. The van der Waals surface area contributed by atoms with Crippen LogP contribution in [0.3, 0.4) is 0 Å². The molecule has 0 aliphatic heterocycles. The van der Waals surface area contributed by atoms with Crippen molar-refractivity contribution in [3.8, 4) is 11.5 Å². The Balaban J connectivity index is 1.33. The molecule has 0 unspecified atom stereocenters. The van der Waals surface area contributed by atoms with Crippen molar-refractivity contribution >= 4 is 33.7 Å². The van der Waals surface area contributed by atoms with Crippen LogP contribution in [0, 0.1) is 29.5 Å². The number of fused-ring (bicyclic) bond motifs is 2. The van der Waals surface area contributed by atoms with Crippen molar-refractivity contribution in [3.63, 3.8) is 0 Å². The van der Waals surface area contributed by atoms with Gasteiger partial charge in [-0.25, -0.2) is 4.39 Å². The van der Waals surface area contributed by atoms with Crippen molar-refractivity contribution in [2.45, 2.75) is 62.0 Å². The standard InChI is InChI=1S/C29H32F6N2O6S/c1-42-23-14-22(30)24(43-19-9-7-15(8-10-19)29(40)41)13-21(23)27(38)37-26-17-6-5-16(11-17)25(26)28(39)36-18-3-2-4-20(12-18)44(31,32,33,34)35/h2-4,12-17,19,25-26H,5-11H2,1H3,(H,36,39)(H,37,38)(H,40,41)/t15-,16-,17+,19+,25-,26+/m1/s1. The summed E-state index contributed by atoms with van der Waals surface area (Å²) in [5.41, 5.74) is -0.526. The quantitative estimate of drug-likeness (QED) is 0.246. The van der Waals surface area contributed by atoms with E-state index in [-0.39, 0.29) is 41.0 Å². The van der Waals surface area contributed by atoms with Crippen LogP contribution in [0.15, 0.2) is 41.3 Å². The highest BCUT2D eigenvalue weighted by Crippen LogP contribution is 3.02. The number of carbonyl (C=O) groups is 3. The van der Waals surface area contributed by atoms with Gasteiger partial charge in [-0.3, -0.25) is 14.4 Å². The molecule has 3 aliphatic rings. The van der Waals surface area contributed by atoms with Gasteiger partial charge < -0.3 is 25.2 Å². The summed E-state index contributed by atoms with van der Waals surface area (Å²) in [4.78, 5) is 35.9. The van der Waals surface area contributed by atoms with Gasteiger partial charge in [-0.1, -0.05) is 25.5 Å². The number of carboxylic acids is 1. The number of hydrogen-bond donors (Lipinski definition) is 3. The first-order valence-corrected chi connectivity index (χ1v) is 16.1. The van der Waals surface area contributed by atoms with Crippen molar-refractivity contribution in [2.24, 2.45) is 23.7 Å². The summed E-state index contributed by atoms with van der Waals surface area (Å²) < 4.78 is 92.5. The highest BCUT2D eigenvalue weighted by atomic mass is 32.5. The smallest absolute Gasteiger partial charge is 0.310 e. The summed E-state index contributed by atoms with van der Waals surface area (Å²) >= 11 is 0. The Morgan fingerprint density at radius 3 is 2.23 bits per heavy atom. The third kappa shape index (κ3) is 6.71. The molecule has 44 heavy (non-hydrogen) atoms. The van der Waals surface area contributed by atoms with E-state index in [1.165, 1.54) is 13.2 Å². The lowest BCUT2D eigenvalue weighted by Crippen LogP contribution is -2.48. The molecule has 242 valence electrons. The Labute approximate surface area is 249 Å². The van der Waals surface area contributed by atoms with E-state index in [1.54, 1.807) is 0 Å². The number of aliphatic carboxylic acids is 1. The zero-order chi connectivity index (χ0) is 32.1. The van der Waals surface area contributed by atoms with E-state index in [0.29, 0.717) is 44.9 Å². The molecular formula is C29H32F6N2O6S. The summed E-state index contributed by atoms with van der Waals surface area (Å²) in [5, 5.41) is 14.3. The second kappa shape index (κ2) is 10.8. The molecule has 2 aromatic rings. The van der Waals surface area contributed by atoms with Gasteiger partial charge in [0.1, 0.15) is 10.6 Å². The predicted octanol–water partition coefficient (Wildman–Crippen LogP) is 7.30. The average molecular weight is 651 g/mol. The van der Waals surface area contributed by atoms with E-state index in [9.17, 15) is 43.3 Å². The molecule has 5 rings (SSSR count). The summed E-state index contributed by atoms with van der Waals surface area (Å²) in [6.45, 7) is 0. The molecule has 3 fully saturated rings. The minimum Gasteiger partial charge on any atom is -0.496 e. The zero-order valence-electron chi connectivity index (χ0n) is 23.5. The van der Waals surface area contributed by atoms with Gasteiger partial charge in [-0.15, -0.1) is 0 Å². The molecule has 3 saturated carbocycles. The number of rotatable bonds is 9. The normalized spacial score (nSPS) is 28.0. The van der Waals surface area contributed by atoms with Gasteiger partial charge in [-0.05, 0) is 81.0 Å². The molecule has 0 spiro atoms. The Morgan fingerprint density at radius 2 is 1.59 bits per heavy atom. The number of methoxy groups -OCH3 is 1. The molecule has 0 radical (unpaired) electrons. The first-order chi connectivity index (χ1) is 20.4. The summed E-state index contributed by atoms with van der Waals surface area (Å²) in [5.74, 6) is -5.09. The number of carboxylic acid groups (broad SMARTS) is 1. The molecule has 3 N–H and O–H groups in total. The zero-order valence-corrected chi connectivity index (χ0v) is 24.4. The maximum absolute atomic E-state index is 14.9. The minimum absolute atomic E-state index is 0.0753. The monoisotopic (exact) mass is 650 g/mol. The van der Waals surface area contributed by atoms with E-state index in [4.69, 9.17) is 9.47 Å². The Hall–Kier alpha value is -3.62. The maximum atomic E-state index is 14.9. The number of benzene rings is 2. The highest BCUT2D eigenvalue weighted by Gasteiger charge is 2.65. The van der Waals surface area contributed by atoms with Gasteiger partial charge in [0.2, 0.25) is 5.91 Å². The first-order valence-electron chi connectivity index (χ1n) is 14.2. The van der Waals surface area contributed by atoms with Crippen LogP contribution in [0.25, 0.3) is 0 Å². The van der Waals surface area contributed by atoms with Crippen molar-refractivity contribution in [3.05, 3.63) is 47.8 Å². The SMILES string of the molecule is COc1cc(F)c(O[C@H]2CC[C@@H](C(=O)O)CC2)cc1C(=O)N[C@H]1[C@H]2CC[C@H](C2)[C@H]1C(=O)Nc1cccc(S(F)(F)(F)(F)F)c1. The van der Waals surface area contributed by atoms with Gasteiger partial charge in [0.05, 0.1) is 30.6 Å². The second-order valence-electron chi connectivity index (χ2n) is 11.8. The van der Waals surface area contributed by atoms with Crippen LogP contribution < -0.4 is 20.1 Å². The lowest BCUT2D eigenvalue weighted by atomic mass is 9.83. The third-order valence-electron chi connectivity index (χ3n) is 8.88. The van der Waals surface area contributed by atoms with Crippen LogP contribution in [-0.2, 0) is 9.59 Å². The summed E-state index contributed by atoms with van der Waals surface area (Å²) in [7, 11) is -8.73. The van der Waals surface area contributed by atoms with Crippen molar-refractivity contribution in [1.82, 2.24) is 5.32 Å². The van der Waals surface area contributed by atoms with Crippen molar-refractivity contribution in [1.29, 1.82) is 0 Å². The van der Waals surface area contributed by atoms with Gasteiger partial charge in [-0.2, -0.15) is 0 Å². The van der Waals surface area contributed by atoms with E-state index in [0.717, 1.165) is 18.2 Å². The lowest BCUT2D eigenvalue weighted by Gasteiger charge is -2.40. The fraction of sp³-hybridized carbons (Fsp3) is 0.483. The Bertz CT molecular complexity index is 1480. The van der Waals surface area contributed by atoms with Crippen LogP contribution >= 0.6 is 10.2 Å². The molecular weight excluding hydrogens is 618 g/mol. The number of ether oxygens (including phenoxy) is 2. The van der Waals surface area contributed by atoms with Crippen LogP contribution in [0.4, 0.5) is 29.5 Å². The topological polar surface area (TPSA) is 114 Å². The molecule has 0 heterocycles. The van der Waals surface area contributed by atoms with Crippen molar-refractivity contribution in [2.75, 3.05) is 12.4 Å². The largest absolute Gasteiger partial charge is 0.496 e. The van der Waals surface area contributed by atoms with E-state index >= 15 is 0 Å². The molecule has 2 amide bonds. The summed E-state index contributed by atoms with van der Waals surface area (Å²) in [6, 6.07) is 3.73. The van der Waals surface area contributed by atoms with Gasteiger partial charge >= 0.3 is 16.2 Å². The lowest BCUT2D eigenvalue weighted by molar-refractivity contribution is -0.143. The van der Waals surface area contributed by atoms with Gasteiger partial charge in [0.15, 0.2) is 11.6 Å². The van der Waals surface area contributed by atoms with Crippen LogP contribution in [0.2, 0.25) is 0 Å². The number of nitrogens with one attached hydrogen (secondary N) is 2. The number of carbonyl (C=O) groups excluding carboxylic acids is 2. The van der Waals surface area contributed by atoms with Gasteiger partial charge in [0, 0.05) is 17.8 Å². The van der Waals surface area contributed by atoms with E-state index < -0.39 is 68.4 Å². The van der Waals surface area contributed by atoms with E-state index in [2.05, 4.69) is 10.6 Å². The van der Waals surface area contributed by atoms with Crippen LogP contribution in [0.1, 0.15) is 55.3 Å². The first kappa shape index (κ1) is 31.8. The third-order valence-corrected chi connectivity index (χ3v) is 10.0. The molecule has 15 heteroatoms. The fourth-order valence-electron chi connectivity index (χ4n) is 6.72. The van der Waals surface area contributed by atoms with Crippen LogP contribution in [-0.4, -0.2) is 42.1 Å². The minimum atomic E-state index is -9.97. The van der Waals surface area contributed by atoms with Crippen molar-refractivity contribution < 1.29 is 52.8 Å². The number of anilines is 1. The Kier molecular flexibility index (Phi) is 7.78. The van der Waals surface area contributed by atoms with Gasteiger partial charge in [0.25, 0.3) is 5.91 Å². The summed E-state index contributed by atoms with van der Waals surface area (Å²) in [6.07, 6.45) is 2.94. The molecule has 2 aromatic carbocycles. The average Bonchev–Trinajstić information content (AvgIpc) is 3.55. The molecule has 0 aromatic heterocycles. The molecule has 0 saturated heterocycles. The molecule has 2 bridgehead atoms. The Morgan fingerprint density at radius 1 is 0.909 bits per heavy atom. The van der Waals surface area contributed by atoms with E-state index in [1.807, 2.05) is 0 Å². The number of amides is 2. The maximum Gasteiger partial charge on any atom is 0.310 e. The predicted molar refractivity (Wildman–Crippen MR) is 149 cm³/mol. The molecule has 3 aliphatic carbocycles. The molecule has 8 nitrogen and oxygen atoms in total. The number of halogens is 6. The molecule has 4 atom stereocenters.